The molecule has 11 heteroatoms. The van der Waals surface area contributed by atoms with E-state index in [1.807, 2.05) is 24.4 Å². The second kappa shape index (κ2) is 10.2. The molecule has 0 aliphatic carbocycles. The highest BCUT2D eigenvalue weighted by atomic mass is 19.1. The average molecular weight is 565 g/mol. The monoisotopic (exact) mass is 564 g/mol. The topological polar surface area (TPSA) is 130 Å². The van der Waals surface area contributed by atoms with Gasteiger partial charge in [0.05, 0.1) is 30.1 Å². The zero-order valence-corrected chi connectivity index (χ0v) is 22.9. The molecule has 0 spiro atoms. The molecule has 3 saturated heterocycles. The number of aliphatic hydroxyl groups excluding tert-OH is 1. The van der Waals surface area contributed by atoms with Crippen molar-refractivity contribution in [3.05, 3.63) is 78.1 Å². The zero-order valence-electron chi connectivity index (χ0n) is 22.9. The van der Waals surface area contributed by atoms with Gasteiger partial charge in [-0.15, -0.1) is 0 Å². The Morgan fingerprint density at radius 2 is 1.93 bits per heavy atom. The Hall–Kier alpha value is -4.79. The van der Waals surface area contributed by atoms with Crippen molar-refractivity contribution in [3.63, 3.8) is 0 Å². The lowest BCUT2D eigenvalue weighted by molar-refractivity contribution is -0.00921. The minimum Gasteiger partial charge on any atom is -0.508 e. The van der Waals surface area contributed by atoms with E-state index >= 15 is 0 Å². The number of phenolic OH excluding ortho intramolecular Hbond substituents is 1. The molecule has 2 bridgehead atoms. The van der Waals surface area contributed by atoms with Crippen LogP contribution in [0.25, 0.3) is 33.4 Å². The lowest BCUT2D eigenvalue weighted by Gasteiger charge is -2.56. The van der Waals surface area contributed by atoms with Gasteiger partial charge in [-0.05, 0) is 49.7 Å². The largest absolute Gasteiger partial charge is 0.508 e. The molecule has 10 nitrogen and oxygen atoms in total. The Morgan fingerprint density at radius 1 is 1.10 bits per heavy atom. The number of rotatable bonds is 7. The Kier molecular flexibility index (Phi) is 6.37. The van der Waals surface area contributed by atoms with Crippen LogP contribution in [0.3, 0.4) is 0 Å². The van der Waals surface area contributed by atoms with Crippen LogP contribution in [0.5, 0.6) is 5.75 Å². The summed E-state index contributed by atoms with van der Waals surface area (Å²) in [6, 6.07) is 12.9. The van der Waals surface area contributed by atoms with Crippen molar-refractivity contribution < 1.29 is 14.6 Å². The first kappa shape index (κ1) is 26.1. The van der Waals surface area contributed by atoms with Gasteiger partial charge < -0.3 is 20.1 Å². The highest BCUT2D eigenvalue weighted by Crippen LogP contribution is 2.38. The molecule has 5 aromatic rings. The number of fused-ring (bicyclic) bond motifs is 3. The molecule has 3 fully saturated rings. The number of hydrogen-bond donors (Lipinski definition) is 3. The Labute approximate surface area is 241 Å². The third kappa shape index (κ3) is 4.64. The molecular formula is C31H29FN8O2. The van der Waals surface area contributed by atoms with Gasteiger partial charge in [0.1, 0.15) is 29.1 Å². The molecule has 1 aromatic carbocycles. The van der Waals surface area contributed by atoms with Crippen LogP contribution in [0.15, 0.2) is 61.2 Å². The standard InChI is InChI=1S/C31H29FN8O2/c1-18(41)13-39-14-22(12-36-39)27-8-26-30(21(9-33)11-35-31(26)37-27)19-2-5-29(34-10-19)38-16-24-7-25(17-38)40(24)15-20-6-23(32)3-4-28(20)42/h2-6,8,10-12,14,18,24-25,41-42H,7,13,15-17H2,1H3,(H,35,37)/t18-,24?,25?/m0/s1. The van der Waals surface area contributed by atoms with Gasteiger partial charge in [0, 0.05) is 77.9 Å². The van der Waals surface area contributed by atoms with E-state index in [-0.39, 0.29) is 11.6 Å². The van der Waals surface area contributed by atoms with E-state index in [0.717, 1.165) is 53.1 Å². The van der Waals surface area contributed by atoms with E-state index in [9.17, 15) is 19.9 Å². The first-order chi connectivity index (χ1) is 20.4. The number of pyridine rings is 2. The quantitative estimate of drug-likeness (QED) is 0.270. The molecule has 2 unspecified atom stereocenters. The number of aromatic hydroxyl groups is 1. The number of piperazine rings is 1. The number of aromatic amines is 1. The first-order valence-electron chi connectivity index (χ1n) is 13.9. The lowest BCUT2D eigenvalue weighted by Crippen LogP contribution is -2.68. The van der Waals surface area contributed by atoms with E-state index < -0.39 is 6.10 Å². The van der Waals surface area contributed by atoms with Crippen LogP contribution in [0.2, 0.25) is 0 Å². The Balaban J connectivity index is 1.11. The molecule has 3 aliphatic rings. The summed E-state index contributed by atoms with van der Waals surface area (Å²) in [6.45, 7) is 4.23. The van der Waals surface area contributed by atoms with Gasteiger partial charge in [0.25, 0.3) is 0 Å². The van der Waals surface area contributed by atoms with Crippen LogP contribution in [0.1, 0.15) is 24.5 Å². The number of aliphatic hydroxyl groups is 1. The molecule has 4 aromatic heterocycles. The number of nitrogens with one attached hydrogen (secondary N) is 1. The van der Waals surface area contributed by atoms with Crippen molar-refractivity contribution in [1.29, 1.82) is 5.26 Å². The minimum atomic E-state index is -0.508. The third-order valence-electron chi connectivity index (χ3n) is 8.27. The average Bonchev–Trinajstić information content (AvgIpc) is 3.64. The van der Waals surface area contributed by atoms with E-state index in [0.29, 0.717) is 41.9 Å². The van der Waals surface area contributed by atoms with Crippen LogP contribution in [-0.2, 0) is 13.1 Å². The van der Waals surface area contributed by atoms with Crippen LogP contribution >= 0.6 is 0 Å². The fourth-order valence-corrected chi connectivity index (χ4v) is 6.23. The summed E-state index contributed by atoms with van der Waals surface area (Å²) in [6.07, 6.45) is 7.54. The number of H-pyrrole nitrogens is 1. The summed E-state index contributed by atoms with van der Waals surface area (Å²) in [4.78, 5) is 17.2. The summed E-state index contributed by atoms with van der Waals surface area (Å²) in [5.41, 5.74) is 5.00. The highest BCUT2D eigenvalue weighted by Gasteiger charge is 2.44. The summed E-state index contributed by atoms with van der Waals surface area (Å²) < 4.78 is 15.4. The Bertz CT molecular complexity index is 1810. The number of nitrogens with zero attached hydrogens (tertiary/aromatic N) is 7. The maximum Gasteiger partial charge on any atom is 0.138 e. The van der Waals surface area contributed by atoms with Gasteiger partial charge >= 0.3 is 0 Å². The summed E-state index contributed by atoms with van der Waals surface area (Å²) in [5, 5.41) is 34.9. The number of piperidine rings is 1. The maximum absolute atomic E-state index is 13.7. The third-order valence-corrected chi connectivity index (χ3v) is 8.27. The molecule has 42 heavy (non-hydrogen) atoms. The second-order valence-electron chi connectivity index (χ2n) is 11.2. The second-order valence-corrected chi connectivity index (χ2v) is 11.2. The van der Waals surface area contributed by atoms with Crippen molar-refractivity contribution in [1.82, 2.24) is 29.6 Å². The molecule has 0 amide bonds. The van der Waals surface area contributed by atoms with E-state index in [1.54, 1.807) is 30.2 Å². The van der Waals surface area contributed by atoms with Gasteiger partial charge in [0.2, 0.25) is 0 Å². The summed E-state index contributed by atoms with van der Waals surface area (Å²) >= 11 is 0. The predicted octanol–water partition coefficient (Wildman–Crippen LogP) is 4.05. The van der Waals surface area contributed by atoms with Crippen molar-refractivity contribution in [2.75, 3.05) is 18.0 Å². The zero-order chi connectivity index (χ0) is 29.0. The van der Waals surface area contributed by atoms with Gasteiger partial charge in [0.15, 0.2) is 0 Å². The molecule has 7 heterocycles. The van der Waals surface area contributed by atoms with Gasteiger partial charge in [-0.2, -0.15) is 10.4 Å². The molecular weight excluding hydrogens is 535 g/mol. The molecule has 3 atom stereocenters. The van der Waals surface area contributed by atoms with E-state index in [2.05, 4.69) is 30.9 Å². The lowest BCUT2D eigenvalue weighted by atomic mass is 9.86. The van der Waals surface area contributed by atoms with Gasteiger partial charge in [-0.1, -0.05) is 0 Å². The smallest absolute Gasteiger partial charge is 0.138 e. The van der Waals surface area contributed by atoms with Gasteiger partial charge in [-0.25, -0.2) is 14.4 Å². The number of nitriles is 1. The van der Waals surface area contributed by atoms with Crippen LogP contribution in [0, 0.1) is 17.1 Å². The van der Waals surface area contributed by atoms with E-state index in [1.165, 1.54) is 18.2 Å². The first-order valence-corrected chi connectivity index (χ1v) is 13.9. The van der Waals surface area contributed by atoms with Crippen molar-refractivity contribution in [2.45, 2.75) is 44.6 Å². The van der Waals surface area contributed by atoms with Crippen LogP contribution in [-0.4, -0.2) is 71.1 Å². The molecule has 0 radical (unpaired) electrons. The highest BCUT2D eigenvalue weighted by molar-refractivity contribution is 5.98. The number of halogens is 1. The molecule has 3 aliphatic heterocycles. The van der Waals surface area contributed by atoms with Crippen molar-refractivity contribution >= 4 is 16.9 Å². The normalized spacial score (nSPS) is 19.0. The summed E-state index contributed by atoms with van der Waals surface area (Å²) in [7, 11) is 0. The van der Waals surface area contributed by atoms with Crippen molar-refractivity contribution in [3.8, 4) is 34.2 Å². The van der Waals surface area contributed by atoms with Crippen LogP contribution in [0.4, 0.5) is 10.2 Å². The number of benzene rings is 1. The molecule has 8 rings (SSSR count). The van der Waals surface area contributed by atoms with Crippen LogP contribution < -0.4 is 4.90 Å². The number of hydrogen-bond acceptors (Lipinski definition) is 8. The summed E-state index contributed by atoms with van der Waals surface area (Å²) in [5.74, 6) is 0.648. The SMILES string of the molecule is C[C@H](O)Cn1cc(-c2cc3c(-c4ccc(N5CC6CC(C5)N6Cc5cc(F)ccc5O)nc4)c(C#N)cnc3[nH]2)cn1. The predicted molar refractivity (Wildman–Crippen MR) is 155 cm³/mol. The number of aromatic nitrogens is 5. The number of phenols is 1. The van der Waals surface area contributed by atoms with E-state index in [4.69, 9.17) is 4.98 Å². The molecule has 0 saturated carbocycles. The number of anilines is 1. The van der Waals surface area contributed by atoms with Gasteiger partial charge in [-0.3, -0.25) is 9.58 Å². The minimum absolute atomic E-state index is 0.124. The molecule has 212 valence electrons. The fraction of sp³-hybridized carbons (Fsp3) is 0.290. The molecule has 3 N–H and O–H groups in total. The maximum atomic E-state index is 13.7. The fourth-order valence-electron chi connectivity index (χ4n) is 6.23. The Morgan fingerprint density at radius 3 is 2.67 bits per heavy atom. The van der Waals surface area contributed by atoms with Crippen molar-refractivity contribution in [2.24, 2.45) is 0 Å².